The van der Waals surface area contributed by atoms with Crippen molar-refractivity contribution in [1.82, 2.24) is 0 Å². The zero-order valence-corrected chi connectivity index (χ0v) is 11.2. The van der Waals surface area contributed by atoms with Gasteiger partial charge in [-0.25, -0.2) is 0 Å². The van der Waals surface area contributed by atoms with E-state index in [-0.39, 0.29) is 5.41 Å². The van der Waals surface area contributed by atoms with Gasteiger partial charge in [0.1, 0.15) is 0 Å². The molecule has 1 aromatic carbocycles. The second kappa shape index (κ2) is 4.95. The van der Waals surface area contributed by atoms with Crippen LogP contribution in [0, 0.1) is 0 Å². The lowest BCUT2D eigenvalue weighted by molar-refractivity contribution is 0.589. The smallest absolute Gasteiger partial charge is 0.0444 e. The van der Waals surface area contributed by atoms with Crippen LogP contribution >= 0.6 is 0 Å². The first-order chi connectivity index (χ1) is 8.07. The molecule has 0 fully saturated rings. The standard InChI is InChI=1S/C16H23N/c1-16(2,3)14-11-7-8-12-15(14)17-13-9-5-4-6-10-13/h5,7-9,11-13,17H,4,6,10H2,1-3H3. The van der Waals surface area contributed by atoms with Gasteiger partial charge in [0.2, 0.25) is 0 Å². The first-order valence-electron chi connectivity index (χ1n) is 6.60. The fraction of sp³-hybridized carbons (Fsp3) is 0.500. The van der Waals surface area contributed by atoms with Crippen molar-refractivity contribution in [3.05, 3.63) is 42.0 Å². The van der Waals surface area contributed by atoms with Crippen LogP contribution in [0.4, 0.5) is 5.69 Å². The summed E-state index contributed by atoms with van der Waals surface area (Å²) in [5.41, 5.74) is 2.89. The highest BCUT2D eigenvalue weighted by Gasteiger charge is 2.18. The van der Waals surface area contributed by atoms with Crippen molar-refractivity contribution < 1.29 is 0 Å². The maximum absolute atomic E-state index is 3.67. The Morgan fingerprint density at radius 2 is 1.94 bits per heavy atom. The van der Waals surface area contributed by atoms with Crippen molar-refractivity contribution in [2.24, 2.45) is 0 Å². The first-order valence-corrected chi connectivity index (χ1v) is 6.60. The van der Waals surface area contributed by atoms with Gasteiger partial charge < -0.3 is 5.32 Å². The predicted molar refractivity (Wildman–Crippen MR) is 75.5 cm³/mol. The minimum Gasteiger partial charge on any atom is -0.379 e. The number of hydrogen-bond acceptors (Lipinski definition) is 1. The fourth-order valence-electron chi connectivity index (χ4n) is 2.40. The van der Waals surface area contributed by atoms with Gasteiger partial charge in [-0.05, 0) is 36.3 Å². The molecule has 1 aliphatic rings. The van der Waals surface area contributed by atoms with Gasteiger partial charge in [-0.2, -0.15) is 0 Å². The second-order valence-corrected chi connectivity index (χ2v) is 5.91. The molecule has 0 amide bonds. The normalized spacial score (nSPS) is 20.3. The summed E-state index contributed by atoms with van der Waals surface area (Å²) in [6, 6.07) is 9.18. The number of allylic oxidation sites excluding steroid dienone is 1. The van der Waals surface area contributed by atoms with Crippen LogP contribution in [0.3, 0.4) is 0 Å². The van der Waals surface area contributed by atoms with E-state index >= 15 is 0 Å². The van der Waals surface area contributed by atoms with Crippen molar-refractivity contribution in [1.29, 1.82) is 0 Å². The van der Waals surface area contributed by atoms with E-state index in [1.165, 1.54) is 30.5 Å². The highest BCUT2D eigenvalue weighted by atomic mass is 14.9. The fourth-order valence-corrected chi connectivity index (χ4v) is 2.40. The summed E-state index contributed by atoms with van der Waals surface area (Å²) in [5, 5.41) is 3.67. The summed E-state index contributed by atoms with van der Waals surface area (Å²) in [6.45, 7) is 6.80. The minimum absolute atomic E-state index is 0.196. The van der Waals surface area contributed by atoms with E-state index in [2.05, 4.69) is 62.5 Å². The van der Waals surface area contributed by atoms with E-state index in [4.69, 9.17) is 0 Å². The lowest BCUT2D eigenvalue weighted by Crippen LogP contribution is -2.22. The molecule has 1 atom stereocenters. The van der Waals surface area contributed by atoms with Crippen molar-refractivity contribution in [2.75, 3.05) is 5.32 Å². The molecule has 1 aliphatic carbocycles. The van der Waals surface area contributed by atoms with Crippen molar-refractivity contribution in [3.63, 3.8) is 0 Å². The maximum Gasteiger partial charge on any atom is 0.0444 e. The Bertz CT molecular complexity index is 398. The monoisotopic (exact) mass is 229 g/mol. The molecule has 0 spiro atoms. The van der Waals surface area contributed by atoms with Gasteiger partial charge in [0.15, 0.2) is 0 Å². The van der Waals surface area contributed by atoms with Crippen molar-refractivity contribution in [3.8, 4) is 0 Å². The van der Waals surface area contributed by atoms with Gasteiger partial charge >= 0.3 is 0 Å². The summed E-state index contributed by atoms with van der Waals surface area (Å²) in [5.74, 6) is 0. The third-order valence-corrected chi connectivity index (χ3v) is 3.33. The zero-order valence-electron chi connectivity index (χ0n) is 11.2. The van der Waals surface area contributed by atoms with Gasteiger partial charge in [-0.3, -0.25) is 0 Å². The SMILES string of the molecule is CC(C)(C)c1ccccc1NC1C=CCCC1. The van der Waals surface area contributed by atoms with Gasteiger partial charge in [0, 0.05) is 11.7 Å². The van der Waals surface area contributed by atoms with E-state index in [1.54, 1.807) is 0 Å². The average Bonchev–Trinajstić information content (AvgIpc) is 2.30. The number of benzene rings is 1. The Kier molecular flexibility index (Phi) is 3.56. The summed E-state index contributed by atoms with van der Waals surface area (Å²) >= 11 is 0. The Balaban J connectivity index is 2.20. The number of anilines is 1. The van der Waals surface area contributed by atoms with Crippen LogP contribution in [0.15, 0.2) is 36.4 Å². The Hall–Kier alpha value is -1.24. The summed E-state index contributed by atoms with van der Waals surface area (Å²) in [7, 11) is 0. The second-order valence-electron chi connectivity index (χ2n) is 5.91. The molecule has 0 saturated heterocycles. The summed E-state index contributed by atoms with van der Waals surface area (Å²) in [6.07, 6.45) is 8.38. The molecule has 17 heavy (non-hydrogen) atoms. The highest BCUT2D eigenvalue weighted by Crippen LogP contribution is 2.30. The maximum atomic E-state index is 3.67. The summed E-state index contributed by atoms with van der Waals surface area (Å²) in [4.78, 5) is 0. The van der Waals surface area contributed by atoms with E-state index in [9.17, 15) is 0 Å². The molecule has 1 unspecified atom stereocenters. The number of para-hydroxylation sites is 1. The molecule has 1 N–H and O–H groups in total. The van der Waals surface area contributed by atoms with Crippen LogP contribution in [-0.2, 0) is 5.41 Å². The minimum atomic E-state index is 0.196. The number of nitrogens with one attached hydrogen (secondary N) is 1. The quantitative estimate of drug-likeness (QED) is 0.736. The first kappa shape index (κ1) is 12.2. The van der Waals surface area contributed by atoms with Gasteiger partial charge in [0.25, 0.3) is 0 Å². The lowest BCUT2D eigenvalue weighted by atomic mass is 9.85. The molecule has 0 aromatic heterocycles. The molecule has 1 nitrogen and oxygen atoms in total. The third-order valence-electron chi connectivity index (χ3n) is 3.33. The van der Waals surface area contributed by atoms with Crippen molar-refractivity contribution in [2.45, 2.75) is 51.5 Å². The molecular formula is C16H23N. The molecule has 0 saturated carbocycles. The Labute approximate surface area is 105 Å². The number of rotatable bonds is 2. The molecule has 2 rings (SSSR count). The Morgan fingerprint density at radius 1 is 1.18 bits per heavy atom. The molecule has 0 bridgehead atoms. The van der Waals surface area contributed by atoms with Crippen molar-refractivity contribution >= 4 is 5.69 Å². The van der Waals surface area contributed by atoms with Crippen LogP contribution < -0.4 is 5.32 Å². The molecule has 92 valence electrons. The third kappa shape index (κ3) is 3.12. The Morgan fingerprint density at radius 3 is 2.59 bits per heavy atom. The highest BCUT2D eigenvalue weighted by molar-refractivity contribution is 5.55. The van der Waals surface area contributed by atoms with E-state index in [1.807, 2.05) is 0 Å². The van der Waals surface area contributed by atoms with Gasteiger partial charge in [0.05, 0.1) is 0 Å². The largest absolute Gasteiger partial charge is 0.379 e. The molecule has 0 heterocycles. The van der Waals surface area contributed by atoms with Crippen LogP contribution in [0.1, 0.15) is 45.6 Å². The van der Waals surface area contributed by atoms with Crippen LogP contribution in [0.5, 0.6) is 0 Å². The summed E-state index contributed by atoms with van der Waals surface area (Å²) < 4.78 is 0. The molecule has 1 aromatic rings. The lowest BCUT2D eigenvalue weighted by Gasteiger charge is -2.26. The van der Waals surface area contributed by atoms with E-state index in [0.717, 1.165) is 0 Å². The predicted octanol–water partition coefficient (Wildman–Crippen LogP) is 4.50. The molecule has 0 aliphatic heterocycles. The average molecular weight is 229 g/mol. The van der Waals surface area contributed by atoms with Crippen LogP contribution in [0.2, 0.25) is 0 Å². The molecule has 1 heteroatoms. The van der Waals surface area contributed by atoms with Crippen LogP contribution in [0.25, 0.3) is 0 Å². The van der Waals surface area contributed by atoms with Gasteiger partial charge in [-0.15, -0.1) is 0 Å². The van der Waals surface area contributed by atoms with Gasteiger partial charge in [-0.1, -0.05) is 51.1 Å². The molecule has 0 radical (unpaired) electrons. The van der Waals surface area contributed by atoms with Crippen LogP contribution in [-0.4, -0.2) is 6.04 Å². The topological polar surface area (TPSA) is 12.0 Å². The molecular weight excluding hydrogens is 206 g/mol. The zero-order chi connectivity index (χ0) is 12.3. The van der Waals surface area contributed by atoms with E-state index < -0.39 is 0 Å². The van der Waals surface area contributed by atoms with E-state index in [0.29, 0.717) is 6.04 Å². The number of hydrogen-bond donors (Lipinski definition) is 1.